The molecule has 1 nitrogen and oxygen atoms in total. The largest absolute Gasteiger partial charge is 0.326 e. The molecular formula is C8H15N+. The van der Waals surface area contributed by atoms with Crippen LogP contribution in [-0.2, 0) is 0 Å². The summed E-state index contributed by atoms with van der Waals surface area (Å²) >= 11 is 0. The van der Waals surface area contributed by atoms with Crippen LogP contribution in [0, 0.1) is 12.3 Å². The lowest BCUT2D eigenvalue weighted by Gasteiger charge is -2.32. The lowest BCUT2D eigenvalue weighted by Crippen LogP contribution is -2.44. The number of hydrogen-bond donors (Lipinski definition) is 0. The van der Waals surface area contributed by atoms with Gasteiger partial charge in [-0.2, -0.15) is 0 Å². The first-order valence-electron chi connectivity index (χ1n) is 3.95. The standard InChI is InChI=1S/C8H15N/c1-9-5-2-3-8(7-9)4-6-9/h3,8H,2,4-7H2,1H3/q+1. The van der Waals surface area contributed by atoms with Crippen LogP contribution in [0.4, 0.5) is 0 Å². The lowest BCUT2D eigenvalue weighted by molar-refractivity contribution is -0.901. The predicted octanol–water partition coefficient (Wildman–Crippen LogP) is 1.06. The zero-order chi connectivity index (χ0) is 6.32. The Hall–Kier alpha value is -0.0400. The molecule has 0 aromatic rings. The summed E-state index contributed by atoms with van der Waals surface area (Å²) in [6.07, 6.45) is 5.34. The van der Waals surface area contributed by atoms with Gasteiger partial charge in [0.15, 0.2) is 0 Å². The molecule has 0 aromatic carbocycles. The van der Waals surface area contributed by atoms with Crippen molar-refractivity contribution in [3.8, 4) is 0 Å². The first-order valence-corrected chi connectivity index (χ1v) is 3.95. The highest BCUT2D eigenvalue weighted by atomic mass is 15.3. The van der Waals surface area contributed by atoms with E-state index in [4.69, 9.17) is 0 Å². The average Bonchev–Trinajstić information content (AvgIpc) is 2.07. The minimum Gasteiger partial charge on any atom is -0.326 e. The molecule has 2 rings (SSSR count). The summed E-state index contributed by atoms with van der Waals surface area (Å²) < 4.78 is 1.36. The third-order valence-electron chi connectivity index (χ3n) is 2.88. The van der Waals surface area contributed by atoms with Gasteiger partial charge in [-0.05, 0) is 6.42 Å². The van der Waals surface area contributed by atoms with E-state index < -0.39 is 0 Å². The highest BCUT2D eigenvalue weighted by Crippen LogP contribution is 2.30. The first-order chi connectivity index (χ1) is 4.29. The van der Waals surface area contributed by atoms with Gasteiger partial charge in [0.2, 0.25) is 0 Å². The van der Waals surface area contributed by atoms with E-state index in [1.165, 1.54) is 37.0 Å². The fraction of sp³-hybridized carbons (Fsp3) is 0.875. The number of hydrogen-bond acceptors (Lipinski definition) is 0. The third kappa shape index (κ3) is 0.877. The molecule has 51 valence electrons. The molecule has 1 heteroatoms. The van der Waals surface area contributed by atoms with E-state index in [0.717, 1.165) is 5.92 Å². The van der Waals surface area contributed by atoms with E-state index in [-0.39, 0.29) is 0 Å². The van der Waals surface area contributed by atoms with E-state index in [0.29, 0.717) is 0 Å². The van der Waals surface area contributed by atoms with Crippen molar-refractivity contribution in [2.45, 2.75) is 12.8 Å². The monoisotopic (exact) mass is 125 g/mol. The number of piperidine rings is 1. The van der Waals surface area contributed by atoms with Crippen molar-refractivity contribution in [3.63, 3.8) is 0 Å². The maximum atomic E-state index is 2.52. The van der Waals surface area contributed by atoms with Crippen LogP contribution >= 0.6 is 0 Å². The van der Waals surface area contributed by atoms with Crippen molar-refractivity contribution in [1.82, 2.24) is 0 Å². The molecule has 0 N–H and O–H groups in total. The summed E-state index contributed by atoms with van der Waals surface area (Å²) in [5.41, 5.74) is 0. The molecule has 0 aliphatic carbocycles. The summed E-state index contributed by atoms with van der Waals surface area (Å²) in [4.78, 5) is 0. The minimum absolute atomic E-state index is 0.976. The number of quaternary nitrogens is 1. The third-order valence-corrected chi connectivity index (χ3v) is 2.88. The second-order valence-electron chi connectivity index (χ2n) is 3.82. The van der Waals surface area contributed by atoms with Crippen LogP contribution in [0.15, 0.2) is 0 Å². The quantitative estimate of drug-likeness (QED) is 0.425. The van der Waals surface area contributed by atoms with Gasteiger partial charge >= 0.3 is 0 Å². The van der Waals surface area contributed by atoms with Gasteiger partial charge in [0.25, 0.3) is 0 Å². The molecule has 2 aliphatic heterocycles. The molecule has 1 radical (unpaired) electrons. The van der Waals surface area contributed by atoms with Crippen molar-refractivity contribution in [2.24, 2.45) is 5.92 Å². The normalized spacial score (nSPS) is 49.7. The van der Waals surface area contributed by atoms with Crippen LogP contribution in [0.25, 0.3) is 0 Å². The molecule has 2 aliphatic rings. The van der Waals surface area contributed by atoms with E-state index in [9.17, 15) is 0 Å². The van der Waals surface area contributed by atoms with E-state index in [2.05, 4.69) is 13.5 Å². The van der Waals surface area contributed by atoms with Gasteiger partial charge < -0.3 is 4.48 Å². The molecule has 2 atom stereocenters. The maximum absolute atomic E-state index is 2.52. The summed E-state index contributed by atoms with van der Waals surface area (Å²) in [5.74, 6) is 0.976. The van der Waals surface area contributed by atoms with Gasteiger partial charge in [-0.1, -0.05) is 0 Å². The molecule has 0 amide bonds. The molecule has 2 saturated heterocycles. The Kier molecular flexibility index (Phi) is 1.10. The van der Waals surface area contributed by atoms with Crippen LogP contribution in [0.2, 0.25) is 0 Å². The predicted molar refractivity (Wildman–Crippen MR) is 37.8 cm³/mol. The van der Waals surface area contributed by atoms with E-state index in [1.54, 1.807) is 0 Å². The molecule has 0 spiro atoms. The highest BCUT2D eigenvalue weighted by molar-refractivity contribution is 4.84. The Labute approximate surface area is 57.3 Å². The Morgan fingerprint density at radius 3 is 3.00 bits per heavy atom. The lowest BCUT2D eigenvalue weighted by atomic mass is 10.0. The summed E-state index contributed by atoms with van der Waals surface area (Å²) in [6, 6.07) is 0. The van der Waals surface area contributed by atoms with Gasteiger partial charge in [0.1, 0.15) is 0 Å². The smallest absolute Gasteiger partial charge is 0.0818 e. The van der Waals surface area contributed by atoms with Crippen LogP contribution in [0.1, 0.15) is 12.8 Å². The molecule has 0 saturated carbocycles. The van der Waals surface area contributed by atoms with E-state index >= 15 is 0 Å². The van der Waals surface area contributed by atoms with Crippen molar-refractivity contribution < 1.29 is 4.48 Å². The fourth-order valence-electron chi connectivity index (χ4n) is 2.24. The second kappa shape index (κ2) is 1.72. The van der Waals surface area contributed by atoms with Crippen LogP contribution in [0.3, 0.4) is 0 Å². The molecule has 9 heavy (non-hydrogen) atoms. The Bertz CT molecular complexity index is 118. The molecule has 2 bridgehead atoms. The SMILES string of the molecule is C[N+]12CC[CH]C(CC1)C2. The molecule has 0 aromatic heterocycles. The summed E-state index contributed by atoms with van der Waals surface area (Å²) in [5, 5.41) is 0. The van der Waals surface area contributed by atoms with Crippen LogP contribution in [-0.4, -0.2) is 31.2 Å². The first kappa shape index (κ1) is 5.72. The van der Waals surface area contributed by atoms with Gasteiger partial charge in [0, 0.05) is 18.8 Å². The van der Waals surface area contributed by atoms with Crippen molar-refractivity contribution in [3.05, 3.63) is 6.42 Å². The Morgan fingerprint density at radius 2 is 2.33 bits per heavy atom. The Balaban J connectivity index is 2.13. The maximum Gasteiger partial charge on any atom is 0.0818 e. The van der Waals surface area contributed by atoms with Crippen molar-refractivity contribution in [2.75, 3.05) is 26.7 Å². The number of nitrogens with zero attached hydrogens (tertiary/aromatic N) is 1. The zero-order valence-electron chi connectivity index (χ0n) is 6.14. The number of rotatable bonds is 0. The molecule has 2 heterocycles. The number of fused-ring (bicyclic) bond motifs is 2. The molecule has 2 unspecified atom stereocenters. The topological polar surface area (TPSA) is 0 Å². The fourth-order valence-corrected chi connectivity index (χ4v) is 2.24. The van der Waals surface area contributed by atoms with Crippen LogP contribution < -0.4 is 0 Å². The second-order valence-corrected chi connectivity index (χ2v) is 3.82. The van der Waals surface area contributed by atoms with Gasteiger partial charge in [-0.25, -0.2) is 0 Å². The zero-order valence-corrected chi connectivity index (χ0v) is 6.14. The van der Waals surface area contributed by atoms with Crippen molar-refractivity contribution in [1.29, 1.82) is 0 Å². The van der Waals surface area contributed by atoms with Gasteiger partial charge in [-0.15, -0.1) is 0 Å². The van der Waals surface area contributed by atoms with Gasteiger partial charge in [-0.3, -0.25) is 0 Å². The van der Waals surface area contributed by atoms with Crippen LogP contribution in [0.5, 0.6) is 0 Å². The average molecular weight is 125 g/mol. The summed E-state index contributed by atoms with van der Waals surface area (Å²) in [6.45, 7) is 4.26. The Morgan fingerprint density at radius 1 is 1.44 bits per heavy atom. The molecular weight excluding hydrogens is 110 g/mol. The molecule has 2 fully saturated rings. The van der Waals surface area contributed by atoms with Gasteiger partial charge in [0.05, 0.1) is 26.7 Å². The summed E-state index contributed by atoms with van der Waals surface area (Å²) in [7, 11) is 2.40. The van der Waals surface area contributed by atoms with Crippen molar-refractivity contribution >= 4 is 0 Å². The minimum atomic E-state index is 0.976. The highest BCUT2D eigenvalue weighted by Gasteiger charge is 2.37. The van der Waals surface area contributed by atoms with E-state index in [1.807, 2.05) is 0 Å².